The molecule has 4 aromatic carbocycles. The molecule has 3 N–H and O–H groups in total. The van der Waals surface area contributed by atoms with Gasteiger partial charge in [0.15, 0.2) is 0 Å². The van der Waals surface area contributed by atoms with Crippen LogP contribution in [-0.2, 0) is 37.1 Å². The van der Waals surface area contributed by atoms with E-state index in [9.17, 15) is 19.5 Å². The summed E-state index contributed by atoms with van der Waals surface area (Å²) in [7, 11) is 3.28. The van der Waals surface area contributed by atoms with Gasteiger partial charge in [0.2, 0.25) is 0 Å². The van der Waals surface area contributed by atoms with Crippen LogP contribution in [0.3, 0.4) is 0 Å². The number of aromatic nitrogens is 2. The summed E-state index contributed by atoms with van der Waals surface area (Å²) < 4.78 is 19.8. The Morgan fingerprint density at radius 3 is 1.50 bits per heavy atom. The van der Waals surface area contributed by atoms with Gasteiger partial charge in [-0.1, -0.05) is 36.4 Å². The van der Waals surface area contributed by atoms with E-state index in [1.807, 2.05) is 60.7 Å². The highest BCUT2D eigenvalue weighted by Crippen LogP contribution is 2.34. The fraction of sp³-hybridized carbons (Fsp3) is 0.206. The summed E-state index contributed by atoms with van der Waals surface area (Å²) in [5, 5.41) is 13.7. The van der Waals surface area contributed by atoms with E-state index in [4.69, 9.17) is 14.2 Å². The number of aliphatic hydroxyl groups is 1. The molecular weight excluding hydrogens is 564 g/mol. The fourth-order valence-corrected chi connectivity index (χ4v) is 4.84. The molecule has 0 atom stereocenters. The van der Waals surface area contributed by atoms with Gasteiger partial charge in [-0.25, -0.2) is 0 Å². The number of methoxy groups -OCH3 is 2. The van der Waals surface area contributed by atoms with Crippen LogP contribution in [0.1, 0.15) is 31.9 Å². The summed E-state index contributed by atoms with van der Waals surface area (Å²) in [4.78, 5) is 37.3. The molecule has 0 aliphatic heterocycles. The number of carbonyl (C=O) groups excluding carboxylic acids is 3. The van der Waals surface area contributed by atoms with Gasteiger partial charge in [0.25, 0.3) is 0 Å². The molecule has 0 amide bonds. The van der Waals surface area contributed by atoms with Crippen molar-refractivity contribution in [2.45, 2.75) is 34.0 Å². The molecule has 0 radical (unpaired) electrons. The summed E-state index contributed by atoms with van der Waals surface area (Å²) in [6, 6.07) is 24.0. The number of esters is 3. The van der Waals surface area contributed by atoms with Gasteiger partial charge in [-0.2, -0.15) is 0 Å². The van der Waals surface area contributed by atoms with E-state index >= 15 is 0 Å². The van der Waals surface area contributed by atoms with Crippen LogP contribution in [0.2, 0.25) is 0 Å². The molecule has 0 saturated carbocycles. The summed E-state index contributed by atoms with van der Waals surface area (Å²) in [5.74, 6) is 0.103. The molecule has 0 fully saturated rings. The maximum Gasteiger partial charge on any atom is 0.310 e. The Hall–Kier alpha value is -5.35. The highest BCUT2D eigenvalue weighted by Gasteiger charge is 2.12. The van der Waals surface area contributed by atoms with Crippen LogP contribution in [0.15, 0.2) is 72.8 Å². The molecule has 0 saturated heterocycles. The number of nitrogens with one attached hydrogen (secondary N) is 2. The maximum absolute atomic E-state index is 10.9. The Kier molecular flexibility index (Phi) is 10.2. The third-order valence-corrected chi connectivity index (χ3v) is 6.63. The normalized spacial score (nSPS) is 10.5. The predicted octanol–water partition coefficient (Wildman–Crippen LogP) is 6.31. The highest BCUT2D eigenvalue weighted by molar-refractivity contribution is 6.10. The van der Waals surface area contributed by atoms with Crippen molar-refractivity contribution in [1.29, 1.82) is 0 Å². The van der Waals surface area contributed by atoms with Crippen LogP contribution < -0.4 is 9.47 Å². The van der Waals surface area contributed by atoms with E-state index in [2.05, 4.69) is 26.8 Å². The minimum absolute atomic E-state index is 0.0196. The van der Waals surface area contributed by atoms with E-state index in [0.29, 0.717) is 0 Å². The molecule has 44 heavy (non-hydrogen) atoms. The van der Waals surface area contributed by atoms with Crippen LogP contribution in [0, 0.1) is 0 Å². The van der Waals surface area contributed by atoms with Gasteiger partial charge in [0.05, 0.1) is 31.9 Å². The first-order chi connectivity index (χ1) is 21.1. The van der Waals surface area contributed by atoms with Crippen LogP contribution in [0.5, 0.6) is 11.5 Å². The molecule has 10 nitrogen and oxygen atoms in total. The molecule has 2 aromatic heterocycles. The number of fused-ring (bicyclic) bond motifs is 6. The Morgan fingerprint density at radius 2 is 1.09 bits per heavy atom. The summed E-state index contributed by atoms with van der Waals surface area (Å²) in [6.07, 6.45) is 0. The van der Waals surface area contributed by atoms with Gasteiger partial charge in [-0.05, 0) is 47.5 Å². The number of benzene rings is 4. The third kappa shape index (κ3) is 7.34. The number of hydrogen-bond donors (Lipinski definition) is 3. The summed E-state index contributed by atoms with van der Waals surface area (Å²) in [5.41, 5.74) is 5.85. The zero-order chi connectivity index (χ0) is 31.8. The second-order valence-electron chi connectivity index (χ2n) is 9.81. The first-order valence-corrected chi connectivity index (χ1v) is 13.7. The number of carbonyl (C=O) groups is 3. The van der Waals surface area contributed by atoms with Gasteiger partial charge in [-0.15, -0.1) is 0 Å². The minimum Gasteiger partial charge on any atom is -0.495 e. The standard InChI is InChI=1S/C16H15NO3.C14H13NO2.C4H6O3/c1-10(18)20-9-11-7-13-12-5-3-4-6-14(12)17-16(13)15(8-11)19-2;1-17-13-7-9(8-16)6-11-10-4-2-3-5-12(10)15-14(11)13;1-3(5)7-4(2)6/h3-8,17H,9H2,1-2H3;2-7,15-16H,8H2,1H3;1-2H3. The van der Waals surface area contributed by atoms with E-state index in [1.54, 1.807) is 14.2 Å². The number of ether oxygens (including phenoxy) is 4. The van der Waals surface area contributed by atoms with Crippen LogP contribution >= 0.6 is 0 Å². The number of para-hydroxylation sites is 2. The first-order valence-electron chi connectivity index (χ1n) is 13.7. The van der Waals surface area contributed by atoms with Crippen molar-refractivity contribution < 1.29 is 38.4 Å². The smallest absolute Gasteiger partial charge is 0.310 e. The molecule has 0 aliphatic rings. The molecule has 0 bridgehead atoms. The molecule has 228 valence electrons. The van der Waals surface area contributed by atoms with Crippen molar-refractivity contribution in [1.82, 2.24) is 9.97 Å². The molecule has 2 heterocycles. The lowest BCUT2D eigenvalue weighted by Crippen LogP contribution is -2.03. The van der Waals surface area contributed by atoms with E-state index in [0.717, 1.165) is 66.2 Å². The largest absolute Gasteiger partial charge is 0.495 e. The van der Waals surface area contributed by atoms with Crippen molar-refractivity contribution in [3.05, 3.63) is 83.9 Å². The number of aliphatic hydroxyl groups excluding tert-OH is 1. The van der Waals surface area contributed by atoms with Gasteiger partial charge >= 0.3 is 17.9 Å². The first kappa shape index (κ1) is 31.6. The Morgan fingerprint density at radius 1 is 0.636 bits per heavy atom. The summed E-state index contributed by atoms with van der Waals surface area (Å²) >= 11 is 0. The zero-order valence-corrected chi connectivity index (χ0v) is 25.1. The van der Waals surface area contributed by atoms with Gasteiger partial charge < -0.3 is 34.0 Å². The lowest BCUT2D eigenvalue weighted by atomic mass is 10.1. The lowest BCUT2D eigenvalue weighted by Gasteiger charge is -2.07. The summed E-state index contributed by atoms with van der Waals surface area (Å²) in [6.45, 7) is 4.04. The Balaban J connectivity index is 0.000000168. The van der Waals surface area contributed by atoms with Crippen molar-refractivity contribution in [3.8, 4) is 11.5 Å². The Labute approximate surface area is 253 Å². The minimum atomic E-state index is -0.562. The SMILES string of the molecule is CC(=O)OC(C)=O.COc1cc(CO)cc2c1[nH]c1ccccc12.COc1cc(COC(C)=O)cc2c1[nH]c1ccccc12. The monoisotopic (exact) mass is 598 g/mol. The number of H-pyrrole nitrogens is 2. The fourth-order valence-electron chi connectivity index (χ4n) is 4.84. The predicted molar refractivity (Wildman–Crippen MR) is 169 cm³/mol. The van der Waals surface area contributed by atoms with Crippen LogP contribution in [-0.4, -0.2) is 47.2 Å². The third-order valence-electron chi connectivity index (χ3n) is 6.63. The van der Waals surface area contributed by atoms with E-state index in [1.165, 1.54) is 20.8 Å². The average Bonchev–Trinajstić information content (AvgIpc) is 3.57. The molecule has 0 spiro atoms. The van der Waals surface area contributed by atoms with E-state index in [-0.39, 0.29) is 19.2 Å². The zero-order valence-electron chi connectivity index (χ0n) is 25.1. The lowest BCUT2D eigenvalue weighted by molar-refractivity contribution is -0.156. The second kappa shape index (κ2) is 14.2. The molecule has 6 aromatic rings. The average molecular weight is 599 g/mol. The molecular formula is C34H34N2O8. The number of rotatable bonds is 5. The van der Waals surface area contributed by atoms with E-state index < -0.39 is 11.9 Å². The van der Waals surface area contributed by atoms with Crippen LogP contribution in [0.4, 0.5) is 0 Å². The van der Waals surface area contributed by atoms with Crippen LogP contribution in [0.25, 0.3) is 43.6 Å². The number of aromatic amines is 2. The maximum atomic E-state index is 10.9. The molecule has 6 rings (SSSR count). The van der Waals surface area contributed by atoms with Gasteiger partial charge in [-0.3, -0.25) is 14.4 Å². The van der Waals surface area contributed by atoms with Gasteiger partial charge in [0.1, 0.15) is 18.1 Å². The molecule has 0 unspecified atom stereocenters. The van der Waals surface area contributed by atoms with Crippen molar-refractivity contribution >= 4 is 61.5 Å². The molecule has 10 heteroatoms. The topological polar surface area (TPSA) is 140 Å². The van der Waals surface area contributed by atoms with Crippen molar-refractivity contribution in [2.75, 3.05) is 14.2 Å². The second-order valence-corrected chi connectivity index (χ2v) is 9.81. The highest BCUT2D eigenvalue weighted by atomic mass is 16.6. The Bertz CT molecular complexity index is 1940. The quantitative estimate of drug-likeness (QED) is 0.155. The molecule has 0 aliphatic carbocycles. The van der Waals surface area contributed by atoms with Crippen molar-refractivity contribution in [3.63, 3.8) is 0 Å². The number of hydrogen-bond acceptors (Lipinski definition) is 8. The van der Waals surface area contributed by atoms with Gasteiger partial charge in [0, 0.05) is 53.3 Å². The van der Waals surface area contributed by atoms with Crippen molar-refractivity contribution in [2.24, 2.45) is 0 Å².